The number of rotatable bonds is 6. The van der Waals surface area contributed by atoms with E-state index in [4.69, 9.17) is 4.43 Å². The third-order valence-electron chi connectivity index (χ3n) is 2.82. The van der Waals surface area contributed by atoms with E-state index in [9.17, 15) is 4.79 Å². The normalized spacial score (nSPS) is 11.0. The fraction of sp³-hybridized carbons (Fsp3) is 0.500. The highest BCUT2D eigenvalue weighted by molar-refractivity contribution is 6.49. The molecule has 0 saturated heterocycles. The standard InChI is InChI=1S/C14H22O2Si/c1-4-7-12-9-6-10-14(13(12)8-5-2)17-16-11(3)15/h6,9-10H,4-5,7-8,17H2,1-3H3. The van der Waals surface area contributed by atoms with Crippen LogP contribution in [-0.2, 0) is 22.1 Å². The Hall–Kier alpha value is -1.09. The molecule has 1 rings (SSSR count). The summed E-state index contributed by atoms with van der Waals surface area (Å²) in [6.45, 7) is 5.88. The number of aryl methyl sites for hydroxylation is 1. The first-order chi connectivity index (χ1) is 8.19. The highest BCUT2D eigenvalue weighted by Gasteiger charge is 2.09. The number of carbonyl (C=O) groups is 1. The van der Waals surface area contributed by atoms with Crippen molar-refractivity contribution in [1.82, 2.24) is 0 Å². The Morgan fingerprint density at radius 3 is 2.53 bits per heavy atom. The lowest BCUT2D eigenvalue weighted by Gasteiger charge is -2.13. The summed E-state index contributed by atoms with van der Waals surface area (Å²) in [5.74, 6) is -0.153. The van der Waals surface area contributed by atoms with Gasteiger partial charge in [-0.25, -0.2) is 0 Å². The molecule has 0 N–H and O–H groups in total. The molecule has 0 spiro atoms. The Balaban J connectivity index is 2.92. The molecule has 94 valence electrons. The summed E-state index contributed by atoms with van der Waals surface area (Å²) in [4.78, 5) is 10.9. The van der Waals surface area contributed by atoms with Gasteiger partial charge in [-0.3, -0.25) is 4.79 Å². The molecule has 0 unspecified atom stereocenters. The van der Waals surface area contributed by atoms with E-state index in [-0.39, 0.29) is 5.97 Å². The first-order valence-electron chi connectivity index (χ1n) is 6.42. The molecule has 0 aliphatic rings. The SMILES string of the molecule is CCCc1cccc([SiH2]OC(C)=O)c1CCC. The van der Waals surface area contributed by atoms with Gasteiger partial charge in [0, 0.05) is 6.92 Å². The molecular formula is C14H22O2Si. The van der Waals surface area contributed by atoms with Gasteiger partial charge in [0.1, 0.15) is 0 Å². The van der Waals surface area contributed by atoms with Crippen molar-refractivity contribution < 1.29 is 9.22 Å². The minimum atomic E-state index is -0.896. The van der Waals surface area contributed by atoms with Crippen LogP contribution in [0.4, 0.5) is 0 Å². The first kappa shape index (κ1) is 14.0. The molecule has 0 aliphatic carbocycles. The molecule has 0 heterocycles. The average Bonchev–Trinajstić information content (AvgIpc) is 2.30. The molecule has 0 aromatic heterocycles. The molecule has 2 nitrogen and oxygen atoms in total. The van der Waals surface area contributed by atoms with E-state index < -0.39 is 9.76 Å². The van der Waals surface area contributed by atoms with Gasteiger partial charge in [0.2, 0.25) is 0 Å². The summed E-state index contributed by atoms with van der Waals surface area (Å²) in [7, 11) is -0.896. The summed E-state index contributed by atoms with van der Waals surface area (Å²) < 4.78 is 5.25. The van der Waals surface area contributed by atoms with Gasteiger partial charge in [-0.15, -0.1) is 0 Å². The molecule has 0 bridgehead atoms. The summed E-state index contributed by atoms with van der Waals surface area (Å²) >= 11 is 0. The Bertz CT molecular complexity index is 374. The minimum Gasteiger partial charge on any atom is -0.521 e. The monoisotopic (exact) mass is 250 g/mol. The van der Waals surface area contributed by atoms with Gasteiger partial charge in [-0.2, -0.15) is 0 Å². The van der Waals surface area contributed by atoms with Crippen LogP contribution in [0.25, 0.3) is 0 Å². The molecule has 0 fully saturated rings. The van der Waals surface area contributed by atoms with E-state index in [1.807, 2.05) is 0 Å². The summed E-state index contributed by atoms with van der Waals surface area (Å²) in [5, 5.41) is 1.30. The lowest BCUT2D eigenvalue weighted by molar-refractivity contribution is -0.131. The van der Waals surface area contributed by atoms with Crippen LogP contribution in [0.5, 0.6) is 0 Å². The van der Waals surface area contributed by atoms with Crippen LogP contribution >= 0.6 is 0 Å². The van der Waals surface area contributed by atoms with Gasteiger partial charge in [-0.1, -0.05) is 44.9 Å². The van der Waals surface area contributed by atoms with E-state index in [1.165, 1.54) is 23.2 Å². The van der Waals surface area contributed by atoms with E-state index >= 15 is 0 Å². The molecule has 0 radical (unpaired) electrons. The van der Waals surface area contributed by atoms with E-state index in [2.05, 4.69) is 32.0 Å². The minimum absolute atomic E-state index is 0.153. The highest BCUT2D eigenvalue weighted by Crippen LogP contribution is 2.11. The average molecular weight is 250 g/mol. The number of carbonyl (C=O) groups excluding carboxylic acids is 1. The maximum absolute atomic E-state index is 10.9. The summed E-state index contributed by atoms with van der Waals surface area (Å²) in [5.41, 5.74) is 2.87. The Morgan fingerprint density at radius 1 is 1.24 bits per heavy atom. The Kier molecular flexibility index (Phi) is 5.98. The number of hydrogen-bond donors (Lipinski definition) is 0. The van der Waals surface area contributed by atoms with Gasteiger partial charge >= 0.3 is 0 Å². The maximum atomic E-state index is 10.9. The Labute approximate surface area is 106 Å². The molecule has 0 amide bonds. The number of benzene rings is 1. The molecule has 17 heavy (non-hydrogen) atoms. The Morgan fingerprint density at radius 2 is 1.94 bits per heavy atom. The maximum Gasteiger partial charge on any atom is 0.289 e. The van der Waals surface area contributed by atoms with Crippen molar-refractivity contribution in [3.8, 4) is 0 Å². The fourth-order valence-corrected chi connectivity index (χ4v) is 3.25. The molecule has 0 saturated carbocycles. The first-order valence-corrected chi connectivity index (χ1v) is 7.70. The van der Waals surface area contributed by atoms with E-state index in [0.29, 0.717) is 0 Å². The second kappa shape index (κ2) is 7.28. The topological polar surface area (TPSA) is 26.3 Å². The van der Waals surface area contributed by atoms with Crippen LogP contribution in [0.1, 0.15) is 44.7 Å². The van der Waals surface area contributed by atoms with E-state index in [0.717, 1.165) is 25.7 Å². The molecular weight excluding hydrogens is 228 g/mol. The van der Waals surface area contributed by atoms with Crippen molar-refractivity contribution >= 4 is 20.9 Å². The van der Waals surface area contributed by atoms with Crippen molar-refractivity contribution in [2.24, 2.45) is 0 Å². The van der Waals surface area contributed by atoms with Crippen LogP contribution in [0.15, 0.2) is 18.2 Å². The van der Waals surface area contributed by atoms with Gasteiger partial charge in [0.05, 0.1) is 0 Å². The molecule has 0 atom stereocenters. The fourth-order valence-electron chi connectivity index (χ4n) is 2.08. The zero-order valence-corrected chi connectivity index (χ0v) is 12.5. The number of hydrogen-bond acceptors (Lipinski definition) is 2. The third-order valence-corrected chi connectivity index (χ3v) is 4.34. The van der Waals surface area contributed by atoms with Crippen molar-refractivity contribution in [3.05, 3.63) is 29.3 Å². The van der Waals surface area contributed by atoms with E-state index in [1.54, 1.807) is 0 Å². The van der Waals surface area contributed by atoms with Gasteiger partial charge in [0.15, 0.2) is 0 Å². The zero-order valence-electron chi connectivity index (χ0n) is 11.1. The highest BCUT2D eigenvalue weighted by atomic mass is 28.2. The third kappa shape index (κ3) is 4.34. The van der Waals surface area contributed by atoms with Crippen LogP contribution < -0.4 is 5.19 Å². The van der Waals surface area contributed by atoms with Crippen molar-refractivity contribution in [1.29, 1.82) is 0 Å². The molecule has 1 aromatic carbocycles. The van der Waals surface area contributed by atoms with Crippen LogP contribution in [0.2, 0.25) is 0 Å². The molecule has 0 aliphatic heterocycles. The smallest absolute Gasteiger partial charge is 0.289 e. The molecule has 1 aromatic rings. The van der Waals surface area contributed by atoms with Crippen molar-refractivity contribution in [2.45, 2.75) is 46.5 Å². The summed E-state index contributed by atoms with van der Waals surface area (Å²) in [6, 6.07) is 6.43. The van der Waals surface area contributed by atoms with Gasteiger partial charge in [0.25, 0.3) is 15.7 Å². The quantitative estimate of drug-likeness (QED) is 0.720. The lowest BCUT2D eigenvalue weighted by atomic mass is 10.00. The van der Waals surface area contributed by atoms with Gasteiger partial charge < -0.3 is 4.43 Å². The van der Waals surface area contributed by atoms with Crippen LogP contribution in [-0.4, -0.2) is 15.7 Å². The second-order valence-electron chi connectivity index (χ2n) is 4.34. The largest absolute Gasteiger partial charge is 0.521 e. The summed E-state index contributed by atoms with van der Waals surface area (Å²) in [6.07, 6.45) is 4.52. The predicted octanol–water partition coefficient (Wildman–Crippen LogP) is 1.86. The second-order valence-corrected chi connectivity index (χ2v) is 5.67. The van der Waals surface area contributed by atoms with Crippen LogP contribution in [0.3, 0.4) is 0 Å². The van der Waals surface area contributed by atoms with Gasteiger partial charge in [-0.05, 0) is 29.2 Å². The van der Waals surface area contributed by atoms with Crippen LogP contribution in [0, 0.1) is 0 Å². The predicted molar refractivity (Wildman–Crippen MR) is 74.4 cm³/mol. The lowest BCUT2D eigenvalue weighted by Crippen LogP contribution is -2.25. The molecule has 3 heteroatoms. The van der Waals surface area contributed by atoms with Crippen molar-refractivity contribution in [3.63, 3.8) is 0 Å². The van der Waals surface area contributed by atoms with Crippen molar-refractivity contribution in [2.75, 3.05) is 0 Å². The zero-order chi connectivity index (χ0) is 12.7.